The first kappa shape index (κ1) is 26.1. The molecule has 0 fully saturated rings. The van der Waals surface area contributed by atoms with Gasteiger partial charge in [0, 0.05) is 22.8 Å². The Hall–Kier alpha value is -3.49. The Morgan fingerprint density at radius 2 is 1.71 bits per heavy atom. The highest BCUT2D eigenvalue weighted by Gasteiger charge is 2.17. The molecule has 2 aromatic heterocycles. The van der Waals surface area contributed by atoms with Gasteiger partial charge in [-0.3, -0.25) is 4.79 Å². The van der Waals surface area contributed by atoms with Gasteiger partial charge in [0.2, 0.25) is 11.9 Å². The lowest BCUT2D eigenvalue weighted by Crippen LogP contribution is -2.16. The van der Waals surface area contributed by atoms with Gasteiger partial charge in [-0.15, -0.1) is 0 Å². The second-order valence-corrected chi connectivity index (χ2v) is 11.0. The van der Waals surface area contributed by atoms with Gasteiger partial charge in [-0.05, 0) is 68.7 Å². The number of hydrogen-bond donors (Lipinski definition) is 2. The summed E-state index contributed by atoms with van der Waals surface area (Å²) < 4.78 is 27.7. The van der Waals surface area contributed by atoms with Crippen molar-refractivity contribution in [2.75, 3.05) is 15.8 Å². The fraction of sp³-hybridized carbons (Fsp3) is 0.292. The number of hydrogen-bond acceptors (Lipinski definition) is 8. The minimum atomic E-state index is -3.89. The fourth-order valence-corrected chi connectivity index (χ4v) is 4.94. The number of amides is 1. The summed E-state index contributed by atoms with van der Waals surface area (Å²) in [5.41, 5.74) is 3.03. The molecule has 2 heterocycles. The SMILES string of the molecule is Cc1cc(C)nc(NS(=O)(=O)c2ccc(NC(=O)CSc3nc(CC(C)C)ccc3C#N)cc2)n1. The molecule has 3 rings (SSSR count). The van der Waals surface area contributed by atoms with Crippen LogP contribution in [0.3, 0.4) is 0 Å². The minimum absolute atomic E-state index is 0.000263. The van der Waals surface area contributed by atoms with Gasteiger partial charge in [-0.2, -0.15) is 5.26 Å². The number of pyridine rings is 1. The highest BCUT2D eigenvalue weighted by molar-refractivity contribution is 8.00. The van der Waals surface area contributed by atoms with Gasteiger partial charge >= 0.3 is 0 Å². The van der Waals surface area contributed by atoms with Crippen molar-refractivity contribution in [3.8, 4) is 6.07 Å². The zero-order chi connectivity index (χ0) is 25.6. The Bertz CT molecular complexity index is 1350. The van der Waals surface area contributed by atoms with Crippen LogP contribution in [0.25, 0.3) is 0 Å². The lowest BCUT2D eigenvalue weighted by atomic mass is 10.1. The monoisotopic (exact) mass is 510 g/mol. The first-order valence-corrected chi connectivity index (χ1v) is 13.3. The fourth-order valence-electron chi connectivity index (χ4n) is 3.20. The lowest BCUT2D eigenvalue weighted by molar-refractivity contribution is -0.113. The number of nitrogens with one attached hydrogen (secondary N) is 2. The van der Waals surface area contributed by atoms with Crippen molar-refractivity contribution in [3.05, 3.63) is 65.1 Å². The summed E-state index contributed by atoms with van der Waals surface area (Å²) in [6, 6.07) is 13.2. The molecule has 35 heavy (non-hydrogen) atoms. The Kier molecular flexibility index (Phi) is 8.43. The van der Waals surface area contributed by atoms with E-state index in [1.54, 1.807) is 26.0 Å². The Morgan fingerprint density at radius 3 is 2.31 bits per heavy atom. The van der Waals surface area contributed by atoms with Gasteiger partial charge in [-0.25, -0.2) is 28.1 Å². The van der Waals surface area contributed by atoms with Gasteiger partial charge in [0.1, 0.15) is 11.1 Å². The molecule has 0 radical (unpaired) electrons. The van der Waals surface area contributed by atoms with Gasteiger partial charge < -0.3 is 5.32 Å². The van der Waals surface area contributed by atoms with Gasteiger partial charge in [0.15, 0.2) is 0 Å². The highest BCUT2D eigenvalue weighted by Crippen LogP contribution is 2.22. The molecule has 9 nitrogen and oxygen atoms in total. The number of anilines is 2. The number of sulfonamides is 1. The van der Waals surface area contributed by atoms with Crippen molar-refractivity contribution in [2.45, 2.75) is 44.0 Å². The standard InChI is InChI=1S/C24H26N6O3S2/c1-15(2)11-20-6-5-18(13-25)23(29-20)34-14-22(31)28-19-7-9-21(10-8-19)35(32,33)30-24-26-16(3)12-17(4)27-24/h5-10,12,15H,11,14H2,1-4H3,(H,28,31)(H,26,27,30). The van der Waals surface area contributed by atoms with Crippen LogP contribution in [0.15, 0.2) is 52.4 Å². The molecule has 3 aromatic rings. The zero-order valence-corrected chi connectivity index (χ0v) is 21.5. The van der Waals surface area contributed by atoms with Crippen molar-refractivity contribution >= 4 is 39.3 Å². The van der Waals surface area contributed by atoms with Gasteiger partial charge in [0.25, 0.3) is 10.0 Å². The Morgan fingerprint density at radius 1 is 1.06 bits per heavy atom. The summed E-state index contributed by atoms with van der Waals surface area (Å²) in [6.45, 7) is 7.68. The molecule has 11 heteroatoms. The maximum atomic E-state index is 12.7. The molecule has 0 aliphatic heterocycles. The van der Waals surface area contributed by atoms with Crippen LogP contribution in [0.5, 0.6) is 0 Å². The lowest BCUT2D eigenvalue weighted by Gasteiger charge is -2.10. The van der Waals surface area contributed by atoms with Crippen LogP contribution in [0, 0.1) is 31.1 Å². The van der Waals surface area contributed by atoms with E-state index in [0.29, 0.717) is 33.6 Å². The third-order valence-electron chi connectivity index (χ3n) is 4.65. The van der Waals surface area contributed by atoms with Crippen molar-refractivity contribution < 1.29 is 13.2 Å². The van der Waals surface area contributed by atoms with E-state index in [-0.39, 0.29) is 22.5 Å². The summed E-state index contributed by atoms with van der Waals surface area (Å²) in [4.78, 5) is 25.2. The quantitative estimate of drug-likeness (QED) is 0.411. The zero-order valence-electron chi connectivity index (χ0n) is 19.9. The van der Waals surface area contributed by atoms with E-state index < -0.39 is 10.0 Å². The van der Waals surface area contributed by atoms with Crippen molar-refractivity contribution in [2.24, 2.45) is 5.92 Å². The van der Waals surface area contributed by atoms with E-state index >= 15 is 0 Å². The molecule has 182 valence electrons. The molecule has 0 atom stereocenters. The summed E-state index contributed by atoms with van der Waals surface area (Å²) in [6.07, 6.45) is 0.783. The molecule has 0 aliphatic rings. The number of carbonyl (C=O) groups excluding carboxylic acids is 1. The van der Waals surface area contributed by atoms with Crippen molar-refractivity contribution in [1.29, 1.82) is 5.26 Å². The van der Waals surface area contributed by atoms with Crippen LogP contribution >= 0.6 is 11.8 Å². The number of benzene rings is 1. The van der Waals surface area contributed by atoms with Crippen LogP contribution in [0.1, 0.15) is 36.5 Å². The van der Waals surface area contributed by atoms with E-state index in [1.165, 1.54) is 36.0 Å². The average Bonchev–Trinajstić information content (AvgIpc) is 2.77. The van der Waals surface area contributed by atoms with Crippen LogP contribution in [0.4, 0.5) is 11.6 Å². The molecular weight excluding hydrogens is 484 g/mol. The van der Waals surface area contributed by atoms with E-state index in [2.05, 4.69) is 44.9 Å². The number of carbonyl (C=O) groups is 1. The smallest absolute Gasteiger partial charge is 0.264 e. The second-order valence-electron chi connectivity index (χ2n) is 8.31. The molecule has 1 amide bonds. The van der Waals surface area contributed by atoms with E-state index in [4.69, 9.17) is 0 Å². The Balaban J connectivity index is 1.63. The van der Waals surface area contributed by atoms with Gasteiger partial charge in [0.05, 0.1) is 16.2 Å². The first-order valence-electron chi connectivity index (χ1n) is 10.8. The highest BCUT2D eigenvalue weighted by atomic mass is 32.2. The number of nitrogens with zero attached hydrogens (tertiary/aromatic N) is 4. The number of aryl methyl sites for hydroxylation is 2. The number of thioether (sulfide) groups is 1. The molecule has 1 aromatic carbocycles. The number of nitriles is 1. The predicted octanol–water partition coefficient (Wildman–Crippen LogP) is 4.09. The molecule has 0 aliphatic carbocycles. The summed E-state index contributed by atoms with van der Waals surface area (Å²) >= 11 is 1.19. The van der Waals surface area contributed by atoms with Crippen LogP contribution in [-0.2, 0) is 21.2 Å². The predicted molar refractivity (Wildman–Crippen MR) is 136 cm³/mol. The average molecular weight is 511 g/mol. The third-order valence-corrected chi connectivity index (χ3v) is 6.99. The Labute approximate surface area is 209 Å². The second kappa shape index (κ2) is 11.3. The maximum Gasteiger partial charge on any atom is 0.264 e. The topological polar surface area (TPSA) is 138 Å². The largest absolute Gasteiger partial charge is 0.325 e. The van der Waals surface area contributed by atoms with Crippen LogP contribution < -0.4 is 10.0 Å². The maximum absolute atomic E-state index is 12.7. The van der Waals surface area contributed by atoms with E-state index in [1.807, 2.05) is 6.07 Å². The minimum Gasteiger partial charge on any atom is -0.325 e. The molecule has 0 saturated carbocycles. The molecule has 0 spiro atoms. The number of aromatic nitrogens is 3. The van der Waals surface area contributed by atoms with Gasteiger partial charge in [-0.1, -0.05) is 25.6 Å². The van der Waals surface area contributed by atoms with E-state index in [0.717, 1.165) is 12.1 Å². The normalized spacial score (nSPS) is 11.2. The van der Waals surface area contributed by atoms with Crippen LogP contribution in [-0.4, -0.2) is 35.0 Å². The summed E-state index contributed by atoms with van der Waals surface area (Å²) in [7, 11) is -3.89. The third kappa shape index (κ3) is 7.50. The molecule has 0 unspecified atom stereocenters. The molecular formula is C24H26N6O3S2. The summed E-state index contributed by atoms with van der Waals surface area (Å²) in [5, 5.41) is 12.6. The van der Waals surface area contributed by atoms with Crippen LogP contribution in [0.2, 0.25) is 0 Å². The molecule has 2 N–H and O–H groups in total. The molecule has 0 bridgehead atoms. The summed E-state index contributed by atoms with van der Waals surface area (Å²) in [5.74, 6) is 0.178. The first-order chi connectivity index (χ1) is 16.6. The number of rotatable bonds is 9. The van der Waals surface area contributed by atoms with Crippen molar-refractivity contribution in [1.82, 2.24) is 15.0 Å². The van der Waals surface area contributed by atoms with Crippen molar-refractivity contribution in [3.63, 3.8) is 0 Å². The molecule has 0 saturated heterocycles. The van der Waals surface area contributed by atoms with E-state index in [9.17, 15) is 18.5 Å².